The standard InChI is InChI=1S/C12H15IN2O3/c1-7(11(16)17)8(2)14-12(18)15-10-6-4-3-5-9(10)13/h3-8H,1-2H3,(H,16,17)(H2,14,15,18). The van der Waals surface area contributed by atoms with E-state index < -0.39 is 24.0 Å². The maximum absolute atomic E-state index is 11.7. The summed E-state index contributed by atoms with van der Waals surface area (Å²) in [6, 6.07) is 6.51. The Hall–Kier alpha value is -1.31. The van der Waals surface area contributed by atoms with E-state index in [0.29, 0.717) is 5.69 Å². The minimum Gasteiger partial charge on any atom is -0.481 e. The minimum absolute atomic E-state index is 0.403. The van der Waals surface area contributed by atoms with Gasteiger partial charge in [-0.05, 0) is 48.6 Å². The van der Waals surface area contributed by atoms with Crippen LogP contribution in [-0.4, -0.2) is 23.1 Å². The molecule has 2 amide bonds. The predicted octanol–water partition coefficient (Wildman–Crippen LogP) is 2.52. The second-order valence-electron chi connectivity index (χ2n) is 3.99. The lowest BCUT2D eigenvalue weighted by Gasteiger charge is -2.18. The van der Waals surface area contributed by atoms with Crippen LogP contribution in [0.4, 0.5) is 10.5 Å². The number of hydrogen-bond acceptors (Lipinski definition) is 2. The summed E-state index contributed by atoms with van der Waals surface area (Å²) in [4.78, 5) is 22.4. The van der Waals surface area contributed by atoms with Crippen LogP contribution in [-0.2, 0) is 4.79 Å². The predicted molar refractivity (Wildman–Crippen MR) is 77.6 cm³/mol. The Morgan fingerprint density at radius 2 is 1.89 bits per heavy atom. The smallest absolute Gasteiger partial charge is 0.319 e. The van der Waals surface area contributed by atoms with Crippen molar-refractivity contribution in [1.29, 1.82) is 0 Å². The van der Waals surface area contributed by atoms with Crippen LogP contribution in [0.5, 0.6) is 0 Å². The number of nitrogens with one attached hydrogen (secondary N) is 2. The van der Waals surface area contributed by atoms with Crippen LogP contribution in [0.15, 0.2) is 24.3 Å². The maximum atomic E-state index is 11.7. The normalized spacial score (nSPS) is 13.5. The molecule has 18 heavy (non-hydrogen) atoms. The summed E-state index contributed by atoms with van der Waals surface area (Å²) in [6.07, 6.45) is 0. The third-order valence-electron chi connectivity index (χ3n) is 2.62. The number of carbonyl (C=O) groups is 2. The number of amides is 2. The van der Waals surface area contributed by atoms with Gasteiger partial charge >= 0.3 is 12.0 Å². The quantitative estimate of drug-likeness (QED) is 0.721. The zero-order valence-corrected chi connectivity index (χ0v) is 12.3. The molecule has 6 heteroatoms. The van der Waals surface area contributed by atoms with Crippen molar-refractivity contribution in [3.8, 4) is 0 Å². The van der Waals surface area contributed by atoms with Crippen LogP contribution in [0, 0.1) is 9.49 Å². The molecule has 0 heterocycles. The molecule has 0 saturated heterocycles. The van der Waals surface area contributed by atoms with Crippen LogP contribution in [0.3, 0.4) is 0 Å². The molecule has 0 aliphatic rings. The van der Waals surface area contributed by atoms with E-state index >= 15 is 0 Å². The molecule has 0 spiro atoms. The van der Waals surface area contributed by atoms with Gasteiger partial charge in [0.15, 0.2) is 0 Å². The van der Waals surface area contributed by atoms with Crippen molar-refractivity contribution < 1.29 is 14.7 Å². The zero-order chi connectivity index (χ0) is 13.7. The third-order valence-corrected chi connectivity index (χ3v) is 3.56. The number of aliphatic carboxylic acids is 1. The average Bonchev–Trinajstić information content (AvgIpc) is 2.30. The van der Waals surface area contributed by atoms with Gasteiger partial charge in [-0.25, -0.2) is 4.79 Å². The highest BCUT2D eigenvalue weighted by Gasteiger charge is 2.20. The summed E-state index contributed by atoms with van der Waals surface area (Å²) in [6.45, 7) is 3.22. The number of halogens is 1. The number of carbonyl (C=O) groups excluding carboxylic acids is 1. The van der Waals surface area contributed by atoms with Crippen LogP contribution < -0.4 is 10.6 Å². The molecule has 0 saturated carbocycles. The van der Waals surface area contributed by atoms with E-state index in [4.69, 9.17) is 5.11 Å². The van der Waals surface area contributed by atoms with Crippen molar-refractivity contribution in [1.82, 2.24) is 5.32 Å². The summed E-state index contributed by atoms with van der Waals surface area (Å²) in [7, 11) is 0. The van der Waals surface area contributed by atoms with Crippen molar-refractivity contribution in [3.63, 3.8) is 0 Å². The van der Waals surface area contributed by atoms with E-state index in [1.807, 2.05) is 18.2 Å². The first kappa shape index (κ1) is 14.7. The lowest BCUT2D eigenvalue weighted by atomic mass is 10.0. The number of carboxylic acid groups (broad SMARTS) is 1. The number of anilines is 1. The van der Waals surface area contributed by atoms with Crippen LogP contribution in [0.2, 0.25) is 0 Å². The van der Waals surface area contributed by atoms with E-state index in [2.05, 4.69) is 33.2 Å². The number of hydrogen-bond donors (Lipinski definition) is 3. The lowest BCUT2D eigenvalue weighted by molar-refractivity contribution is -0.141. The van der Waals surface area contributed by atoms with E-state index in [1.54, 1.807) is 19.9 Å². The van der Waals surface area contributed by atoms with Crippen molar-refractivity contribution >= 4 is 40.3 Å². The number of rotatable bonds is 4. The summed E-state index contributed by atoms with van der Waals surface area (Å²) in [5.41, 5.74) is 0.700. The molecule has 98 valence electrons. The molecule has 3 N–H and O–H groups in total. The fraction of sp³-hybridized carbons (Fsp3) is 0.333. The molecule has 1 aromatic carbocycles. The molecule has 0 aromatic heterocycles. The first-order chi connectivity index (χ1) is 8.41. The van der Waals surface area contributed by atoms with Gasteiger partial charge in [0.2, 0.25) is 0 Å². The van der Waals surface area contributed by atoms with E-state index in [-0.39, 0.29) is 0 Å². The van der Waals surface area contributed by atoms with Gasteiger partial charge in [-0.3, -0.25) is 4.79 Å². The van der Waals surface area contributed by atoms with Gasteiger partial charge in [0.25, 0.3) is 0 Å². The minimum atomic E-state index is -0.933. The average molecular weight is 362 g/mol. The van der Waals surface area contributed by atoms with Gasteiger partial charge in [-0.15, -0.1) is 0 Å². The van der Waals surface area contributed by atoms with Crippen LogP contribution in [0.1, 0.15) is 13.8 Å². The SMILES string of the molecule is CC(NC(=O)Nc1ccccc1I)C(C)C(=O)O. The van der Waals surface area contributed by atoms with Gasteiger partial charge < -0.3 is 15.7 Å². The Bertz CT molecular complexity index is 451. The summed E-state index contributed by atoms with van der Waals surface area (Å²) < 4.78 is 0.921. The zero-order valence-electron chi connectivity index (χ0n) is 10.1. The summed E-state index contributed by atoms with van der Waals surface area (Å²) in [5.74, 6) is -1.57. The molecule has 1 aromatic rings. The Morgan fingerprint density at radius 1 is 1.28 bits per heavy atom. The molecule has 0 aliphatic heterocycles. The molecule has 0 aliphatic carbocycles. The lowest BCUT2D eigenvalue weighted by Crippen LogP contribution is -2.42. The van der Waals surface area contributed by atoms with Gasteiger partial charge in [-0.1, -0.05) is 12.1 Å². The highest BCUT2D eigenvalue weighted by molar-refractivity contribution is 14.1. The molecule has 5 nitrogen and oxygen atoms in total. The second-order valence-corrected chi connectivity index (χ2v) is 5.16. The number of carboxylic acids is 1. The fourth-order valence-electron chi connectivity index (χ4n) is 1.27. The van der Waals surface area contributed by atoms with Crippen molar-refractivity contribution in [2.24, 2.45) is 5.92 Å². The number of urea groups is 1. The van der Waals surface area contributed by atoms with Crippen molar-refractivity contribution in [3.05, 3.63) is 27.8 Å². The Morgan fingerprint density at radius 3 is 2.44 bits per heavy atom. The molecule has 0 fully saturated rings. The second kappa shape index (κ2) is 6.58. The van der Waals surface area contributed by atoms with Gasteiger partial charge in [-0.2, -0.15) is 0 Å². The first-order valence-corrected chi connectivity index (χ1v) is 6.54. The maximum Gasteiger partial charge on any atom is 0.319 e. The highest BCUT2D eigenvalue weighted by atomic mass is 127. The monoisotopic (exact) mass is 362 g/mol. The first-order valence-electron chi connectivity index (χ1n) is 5.46. The van der Waals surface area contributed by atoms with Gasteiger partial charge in [0.05, 0.1) is 11.6 Å². The topological polar surface area (TPSA) is 78.4 Å². The largest absolute Gasteiger partial charge is 0.481 e. The van der Waals surface area contributed by atoms with Crippen molar-refractivity contribution in [2.45, 2.75) is 19.9 Å². The van der Waals surface area contributed by atoms with Gasteiger partial charge in [0.1, 0.15) is 0 Å². The molecule has 1 rings (SSSR count). The van der Waals surface area contributed by atoms with Crippen LogP contribution in [0.25, 0.3) is 0 Å². The molecule has 0 radical (unpaired) electrons. The molecule has 0 bridgehead atoms. The molecular formula is C12H15IN2O3. The van der Waals surface area contributed by atoms with Crippen molar-refractivity contribution in [2.75, 3.05) is 5.32 Å². The summed E-state index contributed by atoms with van der Waals surface area (Å²) >= 11 is 2.11. The molecule has 2 unspecified atom stereocenters. The number of benzene rings is 1. The Labute approximate surface area is 119 Å². The van der Waals surface area contributed by atoms with Crippen LogP contribution >= 0.6 is 22.6 Å². The van der Waals surface area contributed by atoms with Gasteiger partial charge in [0, 0.05) is 9.61 Å². The molecular weight excluding hydrogens is 347 g/mol. The van der Waals surface area contributed by atoms with E-state index in [9.17, 15) is 9.59 Å². The Balaban J connectivity index is 2.57. The highest BCUT2D eigenvalue weighted by Crippen LogP contribution is 2.16. The third kappa shape index (κ3) is 4.17. The number of para-hydroxylation sites is 1. The summed E-state index contributed by atoms with van der Waals surface area (Å²) in [5, 5.41) is 14.1. The van der Waals surface area contributed by atoms with E-state index in [1.165, 1.54) is 0 Å². The molecule has 2 atom stereocenters. The fourth-order valence-corrected chi connectivity index (χ4v) is 1.79. The Kier molecular flexibility index (Phi) is 5.39. The van der Waals surface area contributed by atoms with E-state index in [0.717, 1.165) is 3.57 Å².